The Morgan fingerprint density at radius 1 is 1.19 bits per heavy atom. The lowest BCUT2D eigenvalue weighted by molar-refractivity contribution is -0.127. The van der Waals surface area contributed by atoms with Crippen LogP contribution in [0.25, 0.3) is 0 Å². The van der Waals surface area contributed by atoms with Gasteiger partial charge in [0.15, 0.2) is 0 Å². The number of halogens is 3. The molecule has 0 unspecified atom stereocenters. The van der Waals surface area contributed by atoms with Crippen LogP contribution in [0.4, 0.5) is 10.1 Å². The van der Waals surface area contributed by atoms with E-state index >= 15 is 0 Å². The predicted molar refractivity (Wildman–Crippen MR) is 81.7 cm³/mol. The van der Waals surface area contributed by atoms with E-state index in [1.54, 1.807) is 0 Å². The molecule has 1 saturated carbocycles. The van der Waals surface area contributed by atoms with Crippen LogP contribution in [0, 0.1) is 11.2 Å². The fraction of sp³-hybridized carbons (Fsp3) is 0.467. The molecule has 0 radical (unpaired) electrons. The topological polar surface area (TPSA) is 37.4 Å². The van der Waals surface area contributed by atoms with Crippen molar-refractivity contribution < 1.29 is 14.0 Å². The molecule has 0 aromatic heterocycles. The standard InChI is InChI=1S/C15H14BrClFNO2/c16-10-6-9(18)7-11(17)13(10)19-12(20)8-15(14(19)21)4-2-1-3-5-15/h6-7H,1-5,8H2. The molecule has 0 bridgehead atoms. The highest BCUT2D eigenvalue weighted by Gasteiger charge is 2.52. The zero-order valence-electron chi connectivity index (χ0n) is 11.3. The third kappa shape index (κ3) is 2.40. The average molecular weight is 375 g/mol. The van der Waals surface area contributed by atoms with Gasteiger partial charge in [-0.15, -0.1) is 0 Å². The summed E-state index contributed by atoms with van der Waals surface area (Å²) in [5, 5.41) is 0.0661. The van der Waals surface area contributed by atoms with Crippen molar-refractivity contribution in [3.8, 4) is 0 Å². The fourth-order valence-electron chi connectivity index (χ4n) is 3.39. The van der Waals surface area contributed by atoms with Gasteiger partial charge in [0.25, 0.3) is 0 Å². The van der Waals surface area contributed by atoms with Gasteiger partial charge in [0, 0.05) is 10.9 Å². The largest absolute Gasteiger partial charge is 0.274 e. The number of anilines is 1. The van der Waals surface area contributed by atoms with Crippen LogP contribution in [0.2, 0.25) is 5.02 Å². The van der Waals surface area contributed by atoms with Gasteiger partial charge in [0.1, 0.15) is 5.82 Å². The minimum Gasteiger partial charge on any atom is -0.274 e. The number of carbonyl (C=O) groups excluding carboxylic acids is 2. The molecule has 1 aromatic carbocycles. The number of rotatable bonds is 1. The molecule has 21 heavy (non-hydrogen) atoms. The van der Waals surface area contributed by atoms with E-state index in [1.165, 1.54) is 6.07 Å². The van der Waals surface area contributed by atoms with E-state index in [4.69, 9.17) is 11.6 Å². The summed E-state index contributed by atoms with van der Waals surface area (Å²) in [6.07, 6.45) is 4.74. The van der Waals surface area contributed by atoms with E-state index in [9.17, 15) is 14.0 Å². The van der Waals surface area contributed by atoms with Crippen LogP contribution in [-0.4, -0.2) is 11.8 Å². The highest BCUT2D eigenvalue weighted by molar-refractivity contribution is 9.10. The zero-order chi connectivity index (χ0) is 15.2. The maximum atomic E-state index is 13.3. The molecule has 1 heterocycles. The molecule has 1 saturated heterocycles. The van der Waals surface area contributed by atoms with Crippen LogP contribution in [0.1, 0.15) is 38.5 Å². The van der Waals surface area contributed by atoms with E-state index in [-0.39, 0.29) is 28.9 Å². The number of amides is 2. The van der Waals surface area contributed by atoms with Crippen LogP contribution in [0.15, 0.2) is 16.6 Å². The number of imide groups is 1. The summed E-state index contributed by atoms with van der Waals surface area (Å²) >= 11 is 9.26. The van der Waals surface area contributed by atoms with Crippen LogP contribution >= 0.6 is 27.5 Å². The Morgan fingerprint density at radius 3 is 2.48 bits per heavy atom. The van der Waals surface area contributed by atoms with Gasteiger partial charge in [-0.3, -0.25) is 9.59 Å². The highest BCUT2D eigenvalue weighted by Crippen LogP contribution is 2.48. The Bertz CT molecular complexity index is 605. The summed E-state index contributed by atoms with van der Waals surface area (Å²) in [4.78, 5) is 26.3. The number of benzene rings is 1. The fourth-order valence-corrected chi connectivity index (χ4v) is 4.40. The van der Waals surface area contributed by atoms with Crippen LogP contribution in [0.3, 0.4) is 0 Å². The molecule has 1 aromatic rings. The second kappa shape index (κ2) is 5.36. The average Bonchev–Trinajstić information content (AvgIpc) is 2.63. The summed E-state index contributed by atoms with van der Waals surface area (Å²) in [5.41, 5.74) is -0.317. The maximum absolute atomic E-state index is 13.3. The van der Waals surface area contributed by atoms with Gasteiger partial charge >= 0.3 is 0 Å². The highest BCUT2D eigenvalue weighted by atomic mass is 79.9. The van der Waals surface area contributed by atoms with Crippen molar-refractivity contribution in [3.05, 3.63) is 27.4 Å². The molecule has 2 fully saturated rings. The van der Waals surface area contributed by atoms with Gasteiger partial charge in [-0.2, -0.15) is 0 Å². The minimum absolute atomic E-state index is 0.0661. The first kappa shape index (κ1) is 15.0. The van der Waals surface area contributed by atoms with E-state index in [0.717, 1.165) is 43.1 Å². The quantitative estimate of drug-likeness (QED) is 0.681. The van der Waals surface area contributed by atoms with E-state index in [1.807, 2.05) is 0 Å². The second-order valence-electron chi connectivity index (χ2n) is 5.77. The first-order valence-electron chi connectivity index (χ1n) is 6.96. The first-order chi connectivity index (χ1) is 9.94. The van der Waals surface area contributed by atoms with Crippen LogP contribution < -0.4 is 4.90 Å². The Hall–Kier alpha value is -0.940. The molecule has 3 rings (SSSR count). The van der Waals surface area contributed by atoms with Crippen molar-refractivity contribution in [2.24, 2.45) is 5.41 Å². The smallest absolute Gasteiger partial charge is 0.240 e. The molecule has 6 heteroatoms. The van der Waals surface area contributed by atoms with Crippen molar-refractivity contribution in [2.75, 3.05) is 4.90 Å². The van der Waals surface area contributed by atoms with Crippen molar-refractivity contribution in [2.45, 2.75) is 38.5 Å². The summed E-state index contributed by atoms with van der Waals surface area (Å²) in [6, 6.07) is 2.34. The lowest BCUT2D eigenvalue weighted by atomic mass is 9.73. The third-order valence-electron chi connectivity index (χ3n) is 4.41. The van der Waals surface area contributed by atoms with E-state index in [2.05, 4.69) is 15.9 Å². The van der Waals surface area contributed by atoms with E-state index < -0.39 is 11.2 Å². The number of hydrogen-bond acceptors (Lipinski definition) is 2. The Balaban J connectivity index is 2.04. The second-order valence-corrected chi connectivity index (χ2v) is 7.03. The summed E-state index contributed by atoms with van der Waals surface area (Å²) in [6.45, 7) is 0. The monoisotopic (exact) mass is 373 g/mol. The van der Waals surface area contributed by atoms with Crippen molar-refractivity contribution in [1.82, 2.24) is 0 Å². The molecule has 0 N–H and O–H groups in total. The number of hydrogen-bond donors (Lipinski definition) is 0. The predicted octanol–water partition coefficient (Wildman–Crippen LogP) is 4.46. The molecule has 2 amide bonds. The van der Waals surface area contributed by atoms with Gasteiger partial charge < -0.3 is 0 Å². The van der Waals surface area contributed by atoms with Gasteiger partial charge in [0.2, 0.25) is 11.8 Å². The molecular weight excluding hydrogens is 361 g/mol. The Morgan fingerprint density at radius 2 is 1.86 bits per heavy atom. The number of nitrogens with zero attached hydrogens (tertiary/aromatic N) is 1. The van der Waals surface area contributed by atoms with Crippen molar-refractivity contribution in [1.29, 1.82) is 0 Å². The summed E-state index contributed by atoms with van der Waals surface area (Å²) in [5.74, 6) is -0.959. The summed E-state index contributed by atoms with van der Waals surface area (Å²) in [7, 11) is 0. The van der Waals surface area contributed by atoms with Crippen molar-refractivity contribution >= 4 is 45.0 Å². The van der Waals surface area contributed by atoms with Crippen molar-refractivity contribution in [3.63, 3.8) is 0 Å². The minimum atomic E-state index is -0.577. The SMILES string of the molecule is O=C1CC2(CCCCC2)C(=O)N1c1c(Cl)cc(F)cc1Br. The van der Waals surface area contributed by atoms with Crippen LogP contribution in [0.5, 0.6) is 0 Å². The van der Waals surface area contributed by atoms with E-state index in [0.29, 0.717) is 4.47 Å². The molecule has 1 aliphatic carbocycles. The molecule has 0 atom stereocenters. The third-order valence-corrected chi connectivity index (χ3v) is 5.30. The Kier molecular flexibility index (Phi) is 3.82. The van der Waals surface area contributed by atoms with Gasteiger partial charge in [0.05, 0.1) is 16.1 Å². The lowest BCUT2D eigenvalue weighted by Crippen LogP contribution is -2.37. The van der Waals surface area contributed by atoms with Gasteiger partial charge in [-0.1, -0.05) is 30.9 Å². The normalized spacial score (nSPS) is 21.4. The van der Waals surface area contributed by atoms with Gasteiger partial charge in [-0.25, -0.2) is 9.29 Å². The molecule has 1 aliphatic heterocycles. The molecule has 112 valence electrons. The first-order valence-corrected chi connectivity index (χ1v) is 8.14. The lowest BCUT2D eigenvalue weighted by Gasteiger charge is -2.30. The van der Waals surface area contributed by atoms with Gasteiger partial charge in [-0.05, 0) is 40.9 Å². The zero-order valence-corrected chi connectivity index (χ0v) is 13.6. The molecule has 2 aliphatic rings. The van der Waals surface area contributed by atoms with Crippen LogP contribution in [-0.2, 0) is 9.59 Å². The molecule has 1 spiro atoms. The molecule has 3 nitrogen and oxygen atoms in total. The molecular formula is C15H14BrClFNO2. The Labute approximate surface area is 135 Å². The number of carbonyl (C=O) groups is 2. The summed E-state index contributed by atoms with van der Waals surface area (Å²) < 4.78 is 13.7. The maximum Gasteiger partial charge on any atom is 0.240 e.